The number of aliphatic hydroxyl groups is 1. The van der Waals surface area contributed by atoms with Crippen molar-refractivity contribution < 1.29 is 5.11 Å². The molecule has 0 saturated carbocycles. The van der Waals surface area contributed by atoms with Crippen LogP contribution in [0.25, 0.3) is 0 Å². The van der Waals surface area contributed by atoms with E-state index >= 15 is 0 Å². The number of rotatable bonds is 6. The largest absolute Gasteiger partial charge is 0.379 e. The highest BCUT2D eigenvalue weighted by Crippen LogP contribution is 2.02. The molecule has 0 amide bonds. The van der Waals surface area contributed by atoms with Gasteiger partial charge in [-0.25, -0.2) is 0 Å². The van der Waals surface area contributed by atoms with Crippen molar-refractivity contribution in [3.05, 3.63) is 0 Å². The second kappa shape index (κ2) is 6.62. The Kier molecular flexibility index (Phi) is 6.57. The van der Waals surface area contributed by atoms with Crippen molar-refractivity contribution in [3.8, 4) is 0 Å². The SMILES string of the molecule is CCC[C@@H](CC)NC(O)CC. The third-order valence-electron chi connectivity index (χ3n) is 1.94. The number of nitrogens with one attached hydrogen (secondary N) is 1. The van der Waals surface area contributed by atoms with Crippen LogP contribution in [0.1, 0.15) is 46.5 Å². The topological polar surface area (TPSA) is 32.3 Å². The molecule has 0 aromatic carbocycles. The Morgan fingerprint density at radius 1 is 1.18 bits per heavy atom. The van der Waals surface area contributed by atoms with Gasteiger partial charge in [-0.3, -0.25) is 5.32 Å². The smallest absolute Gasteiger partial charge is 0.104 e. The molecule has 0 aromatic rings. The summed E-state index contributed by atoms with van der Waals surface area (Å²) in [6.45, 7) is 6.30. The van der Waals surface area contributed by atoms with E-state index in [1.165, 1.54) is 6.42 Å². The van der Waals surface area contributed by atoms with Gasteiger partial charge >= 0.3 is 0 Å². The molecule has 0 fully saturated rings. The van der Waals surface area contributed by atoms with Gasteiger partial charge in [0.1, 0.15) is 6.23 Å². The lowest BCUT2D eigenvalue weighted by molar-refractivity contribution is 0.115. The highest BCUT2D eigenvalue weighted by molar-refractivity contribution is 4.65. The lowest BCUT2D eigenvalue weighted by Crippen LogP contribution is -2.37. The van der Waals surface area contributed by atoms with Crippen LogP contribution in [0.3, 0.4) is 0 Å². The van der Waals surface area contributed by atoms with E-state index in [-0.39, 0.29) is 6.23 Å². The molecule has 2 atom stereocenters. The molecule has 0 aromatic heterocycles. The van der Waals surface area contributed by atoms with Crippen LogP contribution in [0, 0.1) is 0 Å². The molecular weight excluding hydrogens is 138 g/mol. The zero-order chi connectivity index (χ0) is 8.69. The van der Waals surface area contributed by atoms with E-state index in [9.17, 15) is 5.11 Å². The molecule has 11 heavy (non-hydrogen) atoms. The maximum atomic E-state index is 9.27. The predicted octanol–water partition coefficient (Wildman–Crippen LogP) is 1.88. The molecule has 0 spiro atoms. The molecule has 0 aliphatic heterocycles. The normalized spacial score (nSPS) is 16.4. The lowest BCUT2D eigenvalue weighted by Gasteiger charge is -2.19. The van der Waals surface area contributed by atoms with Crippen LogP contribution in [0.5, 0.6) is 0 Å². The van der Waals surface area contributed by atoms with Crippen LogP contribution in [0.2, 0.25) is 0 Å². The summed E-state index contributed by atoms with van der Waals surface area (Å²) in [6, 6.07) is 0.495. The minimum atomic E-state index is -0.313. The van der Waals surface area contributed by atoms with Crippen molar-refractivity contribution in [3.63, 3.8) is 0 Å². The third kappa shape index (κ3) is 5.22. The second-order valence-electron chi connectivity index (χ2n) is 2.98. The molecule has 0 saturated heterocycles. The molecule has 0 heterocycles. The maximum Gasteiger partial charge on any atom is 0.104 e. The zero-order valence-electron chi connectivity index (χ0n) is 7.93. The van der Waals surface area contributed by atoms with Crippen molar-refractivity contribution in [2.45, 2.75) is 58.7 Å². The third-order valence-corrected chi connectivity index (χ3v) is 1.94. The van der Waals surface area contributed by atoms with Gasteiger partial charge in [-0.2, -0.15) is 0 Å². The van der Waals surface area contributed by atoms with E-state index in [4.69, 9.17) is 0 Å². The van der Waals surface area contributed by atoms with Gasteiger partial charge in [-0.05, 0) is 19.3 Å². The molecule has 0 radical (unpaired) electrons. The predicted molar refractivity (Wildman–Crippen MR) is 48.4 cm³/mol. The fourth-order valence-electron chi connectivity index (χ4n) is 1.14. The number of hydrogen-bond acceptors (Lipinski definition) is 2. The van der Waals surface area contributed by atoms with Gasteiger partial charge in [0.15, 0.2) is 0 Å². The number of aliphatic hydroxyl groups excluding tert-OH is 1. The Balaban J connectivity index is 3.49. The quantitative estimate of drug-likeness (QED) is 0.580. The Morgan fingerprint density at radius 2 is 1.82 bits per heavy atom. The van der Waals surface area contributed by atoms with Crippen molar-refractivity contribution in [1.82, 2.24) is 5.32 Å². The minimum Gasteiger partial charge on any atom is -0.379 e. The van der Waals surface area contributed by atoms with E-state index in [1.54, 1.807) is 0 Å². The summed E-state index contributed by atoms with van der Waals surface area (Å²) in [7, 11) is 0. The first-order valence-electron chi connectivity index (χ1n) is 4.68. The summed E-state index contributed by atoms with van der Waals surface area (Å²) >= 11 is 0. The molecule has 0 bridgehead atoms. The van der Waals surface area contributed by atoms with Gasteiger partial charge in [-0.15, -0.1) is 0 Å². The van der Waals surface area contributed by atoms with Crippen molar-refractivity contribution in [2.75, 3.05) is 0 Å². The van der Waals surface area contributed by atoms with E-state index in [0.717, 1.165) is 19.3 Å². The van der Waals surface area contributed by atoms with Gasteiger partial charge in [0.05, 0.1) is 0 Å². The lowest BCUT2D eigenvalue weighted by atomic mass is 10.1. The Hall–Kier alpha value is -0.0800. The first-order valence-corrected chi connectivity index (χ1v) is 4.68. The van der Waals surface area contributed by atoms with E-state index in [2.05, 4.69) is 19.2 Å². The zero-order valence-corrected chi connectivity index (χ0v) is 7.93. The highest BCUT2D eigenvalue weighted by atomic mass is 16.3. The van der Waals surface area contributed by atoms with Crippen molar-refractivity contribution >= 4 is 0 Å². The summed E-state index contributed by atoms with van der Waals surface area (Å²) in [6.07, 6.45) is 3.92. The van der Waals surface area contributed by atoms with Crippen LogP contribution in [-0.4, -0.2) is 17.4 Å². The molecule has 1 unspecified atom stereocenters. The molecule has 0 aliphatic carbocycles. The number of hydrogen-bond donors (Lipinski definition) is 2. The van der Waals surface area contributed by atoms with Crippen LogP contribution < -0.4 is 5.32 Å². The summed E-state index contributed by atoms with van der Waals surface area (Å²) in [5.41, 5.74) is 0. The Labute approximate surface area is 70.0 Å². The fraction of sp³-hybridized carbons (Fsp3) is 1.00. The van der Waals surface area contributed by atoms with E-state index < -0.39 is 0 Å². The van der Waals surface area contributed by atoms with Gasteiger partial charge in [0, 0.05) is 6.04 Å². The molecule has 68 valence electrons. The van der Waals surface area contributed by atoms with Gasteiger partial charge in [0.2, 0.25) is 0 Å². The van der Waals surface area contributed by atoms with Crippen molar-refractivity contribution in [2.24, 2.45) is 0 Å². The van der Waals surface area contributed by atoms with E-state index in [0.29, 0.717) is 6.04 Å². The van der Waals surface area contributed by atoms with Crippen molar-refractivity contribution in [1.29, 1.82) is 0 Å². The van der Waals surface area contributed by atoms with E-state index in [1.807, 2.05) is 6.92 Å². The standard InChI is InChI=1S/C9H21NO/c1-4-7-8(5-2)10-9(11)6-3/h8-11H,4-7H2,1-3H3/t8-,9?/m1/s1. The van der Waals surface area contributed by atoms with Gasteiger partial charge < -0.3 is 5.11 Å². The minimum absolute atomic E-state index is 0.313. The second-order valence-corrected chi connectivity index (χ2v) is 2.98. The first-order chi connectivity index (χ1) is 5.24. The summed E-state index contributed by atoms with van der Waals surface area (Å²) in [5.74, 6) is 0. The highest BCUT2D eigenvalue weighted by Gasteiger charge is 2.07. The molecule has 2 N–H and O–H groups in total. The van der Waals surface area contributed by atoms with Crippen LogP contribution in [0.15, 0.2) is 0 Å². The monoisotopic (exact) mass is 159 g/mol. The first kappa shape index (κ1) is 10.9. The molecule has 0 aliphatic rings. The van der Waals surface area contributed by atoms with Gasteiger partial charge in [0.25, 0.3) is 0 Å². The molecule has 2 heteroatoms. The molecule has 2 nitrogen and oxygen atoms in total. The maximum absolute atomic E-state index is 9.27. The average Bonchev–Trinajstić information content (AvgIpc) is 2.03. The fourth-order valence-corrected chi connectivity index (χ4v) is 1.14. The Morgan fingerprint density at radius 3 is 2.18 bits per heavy atom. The summed E-state index contributed by atoms with van der Waals surface area (Å²) in [4.78, 5) is 0. The summed E-state index contributed by atoms with van der Waals surface area (Å²) < 4.78 is 0. The van der Waals surface area contributed by atoms with Gasteiger partial charge in [-0.1, -0.05) is 27.2 Å². The van der Waals surface area contributed by atoms with Crippen LogP contribution >= 0.6 is 0 Å². The molecule has 0 rings (SSSR count). The van der Waals surface area contributed by atoms with Crippen LogP contribution in [-0.2, 0) is 0 Å². The van der Waals surface area contributed by atoms with Crippen LogP contribution in [0.4, 0.5) is 0 Å². The molecular formula is C9H21NO. The summed E-state index contributed by atoms with van der Waals surface area (Å²) in [5, 5.41) is 12.4. The Bertz CT molecular complexity index is 85.6. The average molecular weight is 159 g/mol.